The van der Waals surface area contributed by atoms with Gasteiger partial charge in [-0.2, -0.15) is 0 Å². The monoisotopic (exact) mass is 419 g/mol. The third-order valence-corrected chi connectivity index (χ3v) is 5.67. The summed E-state index contributed by atoms with van der Waals surface area (Å²) in [6, 6.07) is 0. The van der Waals surface area contributed by atoms with Crippen molar-refractivity contribution in [3.63, 3.8) is 0 Å². The minimum absolute atomic E-state index is 0. The first kappa shape index (κ1) is 26.9. The van der Waals surface area contributed by atoms with Gasteiger partial charge >= 0.3 is 5.97 Å². The zero-order chi connectivity index (χ0) is 18.4. The highest BCUT2D eigenvalue weighted by molar-refractivity contribution is 8.93. The Hall–Kier alpha value is -0.350. The van der Waals surface area contributed by atoms with Crippen LogP contribution < -0.4 is 5.73 Å². The molecule has 0 bridgehead atoms. The fourth-order valence-corrected chi connectivity index (χ4v) is 3.55. The smallest absolute Gasteiger partial charge is 0.330 e. The number of hydrogen-bond acceptors (Lipinski definition) is 2. The lowest BCUT2D eigenvalue weighted by atomic mass is 9.76. The number of unbranched alkanes of at least 4 members (excludes halogenated alkanes) is 7. The molecule has 0 heterocycles. The second-order valence-corrected chi connectivity index (χ2v) is 7.29. The Morgan fingerprint density at radius 3 is 1.92 bits per heavy atom. The number of nitrogens with two attached hydrogens (primary N) is 1. The average Bonchev–Trinajstić information content (AvgIpc) is 2.58. The van der Waals surface area contributed by atoms with Gasteiger partial charge in [0.15, 0.2) is 0 Å². The molecule has 0 spiro atoms. The van der Waals surface area contributed by atoms with Gasteiger partial charge < -0.3 is 10.8 Å². The molecule has 0 saturated carbocycles. The van der Waals surface area contributed by atoms with Crippen LogP contribution in [0.3, 0.4) is 0 Å². The molecule has 25 heavy (non-hydrogen) atoms. The molecule has 0 fully saturated rings. The van der Waals surface area contributed by atoms with Crippen LogP contribution in [0.1, 0.15) is 105 Å². The standard InChI is InChI=1S/C21H41NO2.BrH/c1-5-19(21(22,6-2)7-3)17-15-13-11-9-8-10-12-14-16-18(4)20(23)24;/h16,19H,5-15,17,22H2,1-4H3,(H,23,24);1H. The molecule has 0 aliphatic rings. The summed E-state index contributed by atoms with van der Waals surface area (Å²) in [6.45, 7) is 8.38. The van der Waals surface area contributed by atoms with Crippen LogP contribution in [0.15, 0.2) is 11.6 Å². The number of halogens is 1. The van der Waals surface area contributed by atoms with Gasteiger partial charge in [-0.1, -0.05) is 71.8 Å². The average molecular weight is 420 g/mol. The van der Waals surface area contributed by atoms with E-state index >= 15 is 0 Å². The zero-order valence-electron chi connectivity index (χ0n) is 17.0. The number of rotatable bonds is 15. The predicted molar refractivity (Wildman–Crippen MR) is 115 cm³/mol. The molecule has 0 radical (unpaired) electrons. The van der Waals surface area contributed by atoms with Gasteiger partial charge in [-0.15, -0.1) is 17.0 Å². The molecule has 3 N–H and O–H groups in total. The summed E-state index contributed by atoms with van der Waals surface area (Å²) in [7, 11) is 0. The van der Waals surface area contributed by atoms with Crippen molar-refractivity contribution in [1.82, 2.24) is 0 Å². The van der Waals surface area contributed by atoms with Gasteiger partial charge in [0.2, 0.25) is 0 Å². The molecule has 0 aliphatic carbocycles. The van der Waals surface area contributed by atoms with Crippen LogP contribution >= 0.6 is 17.0 Å². The minimum Gasteiger partial charge on any atom is -0.478 e. The van der Waals surface area contributed by atoms with Crippen molar-refractivity contribution in [3.05, 3.63) is 11.6 Å². The van der Waals surface area contributed by atoms with E-state index in [2.05, 4.69) is 20.8 Å². The molecule has 0 aromatic heterocycles. The molecule has 1 atom stereocenters. The van der Waals surface area contributed by atoms with Crippen LogP contribution in [0.2, 0.25) is 0 Å². The van der Waals surface area contributed by atoms with Crippen LogP contribution in [0, 0.1) is 5.92 Å². The van der Waals surface area contributed by atoms with Crippen molar-refractivity contribution in [2.45, 2.75) is 110 Å². The molecule has 0 rings (SSSR count). The number of allylic oxidation sites excluding steroid dienone is 1. The molecule has 0 saturated heterocycles. The summed E-state index contributed by atoms with van der Waals surface area (Å²) in [5.74, 6) is -0.134. The molecule has 150 valence electrons. The van der Waals surface area contributed by atoms with Crippen molar-refractivity contribution >= 4 is 23.0 Å². The highest BCUT2D eigenvalue weighted by atomic mass is 79.9. The van der Waals surface area contributed by atoms with Gasteiger partial charge in [0.05, 0.1) is 0 Å². The maximum absolute atomic E-state index is 10.7. The van der Waals surface area contributed by atoms with Crippen molar-refractivity contribution in [2.24, 2.45) is 11.7 Å². The van der Waals surface area contributed by atoms with Crippen molar-refractivity contribution in [1.29, 1.82) is 0 Å². The third-order valence-electron chi connectivity index (χ3n) is 5.67. The lowest BCUT2D eigenvalue weighted by molar-refractivity contribution is -0.132. The number of carboxylic acids is 1. The Kier molecular flexibility index (Phi) is 17.1. The van der Waals surface area contributed by atoms with Crippen LogP contribution in [-0.4, -0.2) is 16.6 Å². The van der Waals surface area contributed by atoms with Gasteiger partial charge in [-0.25, -0.2) is 4.79 Å². The first-order chi connectivity index (χ1) is 11.4. The molecule has 0 aliphatic heterocycles. The fraction of sp³-hybridized carbons (Fsp3) is 0.857. The van der Waals surface area contributed by atoms with E-state index in [4.69, 9.17) is 10.8 Å². The Balaban J connectivity index is 0. The lowest BCUT2D eigenvalue weighted by Gasteiger charge is -2.36. The van der Waals surface area contributed by atoms with Crippen LogP contribution in [0.4, 0.5) is 0 Å². The summed E-state index contributed by atoms with van der Waals surface area (Å²) >= 11 is 0. The molecule has 1 unspecified atom stereocenters. The van der Waals surface area contributed by atoms with E-state index < -0.39 is 5.97 Å². The highest BCUT2D eigenvalue weighted by Gasteiger charge is 2.29. The molecule has 0 aromatic rings. The fourth-order valence-electron chi connectivity index (χ4n) is 3.55. The van der Waals surface area contributed by atoms with Crippen LogP contribution in [0.25, 0.3) is 0 Å². The quantitative estimate of drug-likeness (QED) is 0.230. The Morgan fingerprint density at radius 1 is 1.00 bits per heavy atom. The second kappa shape index (κ2) is 15.9. The maximum Gasteiger partial charge on any atom is 0.330 e. The zero-order valence-corrected chi connectivity index (χ0v) is 18.7. The molecular weight excluding hydrogens is 378 g/mol. The number of carboxylic acid groups (broad SMARTS) is 1. The van der Waals surface area contributed by atoms with Gasteiger partial charge in [0.1, 0.15) is 0 Å². The predicted octanol–water partition coefficient (Wildman–Crippen LogP) is 6.65. The topological polar surface area (TPSA) is 63.3 Å². The van der Waals surface area contributed by atoms with E-state index in [0.717, 1.165) is 25.7 Å². The summed E-state index contributed by atoms with van der Waals surface area (Å²) in [4.78, 5) is 10.7. The molecule has 0 amide bonds. The van der Waals surface area contributed by atoms with Crippen LogP contribution in [0.5, 0.6) is 0 Å². The second-order valence-electron chi connectivity index (χ2n) is 7.29. The third kappa shape index (κ3) is 11.8. The highest BCUT2D eigenvalue weighted by Crippen LogP contribution is 2.30. The van der Waals surface area contributed by atoms with Crippen LogP contribution in [-0.2, 0) is 4.79 Å². The first-order valence-corrected chi connectivity index (χ1v) is 10.1. The van der Waals surface area contributed by atoms with Crippen molar-refractivity contribution < 1.29 is 9.90 Å². The molecule has 3 nitrogen and oxygen atoms in total. The van der Waals surface area contributed by atoms with E-state index in [1.807, 2.05) is 6.08 Å². The SMILES string of the molecule is Br.CCC(CCCCCCCCCC=C(C)C(=O)O)C(N)(CC)CC. The largest absolute Gasteiger partial charge is 0.478 e. The van der Waals surface area contributed by atoms with E-state index in [1.54, 1.807) is 6.92 Å². The van der Waals surface area contributed by atoms with E-state index in [-0.39, 0.29) is 22.5 Å². The van der Waals surface area contributed by atoms with Crippen molar-refractivity contribution in [3.8, 4) is 0 Å². The Morgan fingerprint density at radius 2 is 1.48 bits per heavy atom. The first-order valence-electron chi connectivity index (χ1n) is 10.1. The Bertz CT molecular complexity index is 365. The van der Waals surface area contributed by atoms with Gasteiger partial charge in [0.25, 0.3) is 0 Å². The van der Waals surface area contributed by atoms with E-state index in [9.17, 15) is 4.79 Å². The molecule has 0 aromatic carbocycles. The molecular formula is C21H42BrNO2. The lowest BCUT2D eigenvalue weighted by Crippen LogP contribution is -2.45. The van der Waals surface area contributed by atoms with Gasteiger partial charge in [-0.05, 0) is 44.9 Å². The van der Waals surface area contributed by atoms with E-state index in [1.165, 1.54) is 51.4 Å². The summed E-state index contributed by atoms with van der Waals surface area (Å²) < 4.78 is 0. The summed E-state index contributed by atoms with van der Waals surface area (Å²) in [5, 5.41) is 8.77. The summed E-state index contributed by atoms with van der Waals surface area (Å²) in [6.07, 6.45) is 16.2. The van der Waals surface area contributed by atoms with Gasteiger partial charge in [0, 0.05) is 11.1 Å². The van der Waals surface area contributed by atoms with Gasteiger partial charge in [-0.3, -0.25) is 0 Å². The summed E-state index contributed by atoms with van der Waals surface area (Å²) in [5.41, 5.74) is 7.06. The number of hydrogen-bond donors (Lipinski definition) is 2. The Labute approximate surface area is 166 Å². The maximum atomic E-state index is 10.7. The molecule has 4 heteroatoms. The number of aliphatic carboxylic acids is 1. The minimum atomic E-state index is -0.798. The van der Waals surface area contributed by atoms with Crippen molar-refractivity contribution in [2.75, 3.05) is 0 Å². The normalized spacial score (nSPS) is 13.4. The number of carbonyl (C=O) groups is 1. The van der Waals surface area contributed by atoms with E-state index in [0.29, 0.717) is 11.5 Å².